The van der Waals surface area contributed by atoms with E-state index < -0.39 is 46.9 Å². The van der Waals surface area contributed by atoms with Crippen molar-refractivity contribution in [3.05, 3.63) is 104 Å². The lowest BCUT2D eigenvalue weighted by Crippen LogP contribution is -2.56. The molecular weight excluding hydrogens is 614 g/mol. The van der Waals surface area contributed by atoms with Gasteiger partial charge in [0.25, 0.3) is 10.9 Å². The fraction of sp³-hybridized carbons (Fsp3) is 0.364. The average molecular weight is 645 g/mol. The maximum absolute atomic E-state index is 13.4. The molecule has 0 saturated carbocycles. The van der Waals surface area contributed by atoms with Crippen molar-refractivity contribution in [3.8, 4) is 5.75 Å². The van der Waals surface area contributed by atoms with Gasteiger partial charge in [0.2, 0.25) is 0 Å². The third kappa shape index (κ3) is 5.83. The molecule has 7 nitrogen and oxygen atoms in total. The summed E-state index contributed by atoms with van der Waals surface area (Å²) in [6, 6.07) is 7.82. The molecule has 0 aliphatic carbocycles. The minimum absolute atomic E-state index is 0.0382. The van der Waals surface area contributed by atoms with Crippen LogP contribution in [0.3, 0.4) is 0 Å². The molecule has 2 bridgehead atoms. The van der Waals surface area contributed by atoms with Crippen LogP contribution in [-0.2, 0) is 18.9 Å². The molecule has 0 amide bonds. The first-order valence-electron chi connectivity index (χ1n) is 14.7. The molecule has 0 spiro atoms. The zero-order chi connectivity index (χ0) is 33.0. The van der Waals surface area contributed by atoms with E-state index in [1.165, 1.54) is 7.11 Å². The Morgan fingerprint density at radius 2 is 1.72 bits per heavy atom. The highest BCUT2D eigenvalue weighted by Crippen LogP contribution is 2.44. The number of ether oxygens (including phenoxy) is 1. The Bertz CT molecular complexity index is 1830. The van der Waals surface area contributed by atoms with E-state index >= 15 is 0 Å². The van der Waals surface area contributed by atoms with Crippen LogP contribution in [0.25, 0.3) is 10.9 Å². The third-order valence-electron chi connectivity index (χ3n) is 9.18. The van der Waals surface area contributed by atoms with Crippen molar-refractivity contribution >= 4 is 22.3 Å². The summed E-state index contributed by atoms with van der Waals surface area (Å²) in [7, 11) is 1.54. The van der Waals surface area contributed by atoms with E-state index in [0.717, 1.165) is 36.9 Å². The number of halogens is 6. The number of nitrogens with one attached hydrogen (secondary N) is 2. The molecule has 3 aliphatic rings. The van der Waals surface area contributed by atoms with E-state index in [1.807, 2.05) is 24.3 Å². The van der Waals surface area contributed by atoms with Gasteiger partial charge in [-0.3, -0.25) is 19.5 Å². The zero-order valence-corrected chi connectivity index (χ0v) is 24.6. The highest BCUT2D eigenvalue weighted by Gasteiger charge is 2.44. The van der Waals surface area contributed by atoms with Gasteiger partial charge in [-0.25, -0.2) is 0 Å². The normalized spacial score (nSPS) is 22.2. The lowest BCUT2D eigenvalue weighted by atomic mass is 9.73. The number of hydrogen-bond donors (Lipinski definition) is 2. The minimum Gasteiger partial charge on any atom is -0.497 e. The molecule has 46 heavy (non-hydrogen) atoms. The minimum atomic E-state index is -5.02. The van der Waals surface area contributed by atoms with Gasteiger partial charge in [0, 0.05) is 30.7 Å². The lowest BCUT2D eigenvalue weighted by Gasteiger charge is -2.52. The molecule has 1 unspecified atom stereocenters. The van der Waals surface area contributed by atoms with Crippen molar-refractivity contribution in [1.29, 1.82) is 0 Å². The number of aromatic nitrogens is 1. The first-order valence-corrected chi connectivity index (χ1v) is 14.7. The van der Waals surface area contributed by atoms with Crippen molar-refractivity contribution in [3.63, 3.8) is 0 Å². The van der Waals surface area contributed by atoms with Crippen molar-refractivity contribution in [2.75, 3.05) is 30.8 Å². The van der Waals surface area contributed by atoms with Gasteiger partial charge in [-0.2, -0.15) is 26.3 Å². The number of piperidine rings is 3. The smallest absolute Gasteiger partial charge is 0.416 e. The zero-order valence-electron chi connectivity index (χ0n) is 24.6. The summed E-state index contributed by atoms with van der Waals surface area (Å²) in [6.07, 6.45) is -4.69. The lowest BCUT2D eigenvalue weighted by molar-refractivity contribution is -0.143. The third-order valence-corrected chi connectivity index (χ3v) is 9.18. The number of methoxy groups -OCH3 is 1. The van der Waals surface area contributed by atoms with E-state index in [2.05, 4.69) is 27.1 Å². The number of anilines is 2. The molecule has 13 heteroatoms. The van der Waals surface area contributed by atoms with Gasteiger partial charge >= 0.3 is 12.4 Å². The molecule has 4 aromatic rings. The number of nitrogens with zero attached hydrogens (tertiary/aromatic N) is 2. The quantitative estimate of drug-likeness (QED) is 0.122. The van der Waals surface area contributed by atoms with E-state index in [9.17, 15) is 35.9 Å². The summed E-state index contributed by atoms with van der Waals surface area (Å²) in [5, 5.41) is 6.68. The van der Waals surface area contributed by atoms with Crippen molar-refractivity contribution < 1.29 is 31.1 Å². The average Bonchev–Trinajstić information content (AvgIpc) is 3.04. The molecule has 242 valence electrons. The molecule has 5 atom stereocenters. The molecule has 4 heterocycles. The topological polar surface area (TPSA) is 83.6 Å². The van der Waals surface area contributed by atoms with E-state index in [-0.39, 0.29) is 29.0 Å². The first-order chi connectivity index (χ1) is 21.8. The van der Waals surface area contributed by atoms with Gasteiger partial charge in [0.15, 0.2) is 0 Å². The molecule has 0 radical (unpaired) electrons. The van der Waals surface area contributed by atoms with Crippen LogP contribution in [0.2, 0.25) is 0 Å². The molecule has 3 aromatic carbocycles. The summed E-state index contributed by atoms with van der Waals surface area (Å²) in [5.41, 5.74) is -3.84. The van der Waals surface area contributed by atoms with Crippen molar-refractivity contribution in [2.24, 2.45) is 11.8 Å². The predicted molar refractivity (Wildman–Crippen MR) is 162 cm³/mol. The second-order valence-corrected chi connectivity index (χ2v) is 11.8. The Labute approximate surface area is 259 Å². The van der Waals surface area contributed by atoms with Crippen LogP contribution in [0.1, 0.15) is 41.1 Å². The maximum Gasteiger partial charge on any atom is 0.416 e. The number of rotatable bonds is 9. The Morgan fingerprint density at radius 3 is 2.33 bits per heavy atom. The molecule has 3 saturated heterocycles. The van der Waals surface area contributed by atoms with E-state index in [4.69, 9.17) is 4.74 Å². The number of benzene rings is 2. The summed E-state index contributed by atoms with van der Waals surface area (Å²) >= 11 is 0. The second kappa shape index (κ2) is 11.8. The number of alkyl halides is 6. The second-order valence-electron chi connectivity index (χ2n) is 11.8. The van der Waals surface area contributed by atoms with Crippen LogP contribution in [0.4, 0.5) is 37.7 Å². The highest BCUT2D eigenvalue weighted by atomic mass is 19.4. The van der Waals surface area contributed by atoms with Crippen molar-refractivity contribution in [1.82, 2.24) is 9.88 Å². The Kier molecular flexibility index (Phi) is 8.07. The largest absolute Gasteiger partial charge is 0.497 e. The SMILES string of the molecule is C=C[C@H]1CN2CC[C@H]1C[C@@H]2[C@H](Nc1c(NCc2cc(C(F)(F)F)cc(C(F)(F)F)c2)c(=O)c1=O)c1ccnc2ccc(OC)cc12. The highest BCUT2D eigenvalue weighted by molar-refractivity contribution is 5.85. The Balaban J connectivity index is 1.36. The predicted octanol–water partition coefficient (Wildman–Crippen LogP) is 6.54. The van der Waals surface area contributed by atoms with Crippen LogP contribution in [0.15, 0.2) is 70.9 Å². The Hall–Kier alpha value is -4.39. The van der Waals surface area contributed by atoms with Crippen LogP contribution >= 0.6 is 0 Å². The van der Waals surface area contributed by atoms with Crippen LogP contribution < -0.4 is 26.2 Å². The van der Waals surface area contributed by atoms with E-state index in [0.29, 0.717) is 35.2 Å². The van der Waals surface area contributed by atoms with Gasteiger partial charge in [-0.1, -0.05) is 6.08 Å². The molecule has 2 N–H and O–H groups in total. The number of fused-ring (bicyclic) bond motifs is 4. The molecular formula is C33H30F6N4O3. The molecule has 3 fully saturated rings. The van der Waals surface area contributed by atoms with Crippen LogP contribution in [-0.4, -0.2) is 36.1 Å². The number of pyridine rings is 1. The summed E-state index contributed by atoms with van der Waals surface area (Å²) in [4.78, 5) is 32.5. The van der Waals surface area contributed by atoms with E-state index in [1.54, 1.807) is 12.3 Å². The molecule has 3 aliphatic heterocycles. The maximum atomic E-state index is 13.4. The molecule has 1 aromatic heterocycles. The monoisotopic (exact) mass is 644 g/mol. The van der Waals surface area contributed by atoms with Crippen LogP contribution in [0.5, 0.6) is 5.75 Å². The van der Waals surface area contributed by atoms with Gasteiger partial charge in [-0.15, -0.1) is 6.58 Å². The van der Waals surface area contributed by atoms with Crippen molar-refractivity contribution in [2.45, 2.75) is 43.8 Å². The summed E-state index contributed by atoms with van der Waals surface area (Å²) < 4.78 is 85.9. The fourth-order valence-electron chi connectivity index (χ4n) is 6.82. The summed E-state index contributed by atoms with van der Waals surface area (Å²) in [5.74, 6) is 1.25. The first kappa shape index (κ1) is 31.6. The van der Waals surface area contributed by atoms with Gasteiger partial charge < -0.3 is 15.4 Å². The fourth-order valence-corrected chi connectivity index (χ4v) is 6.82. The van der Waals surface area contributed by atoms with Crippen LogP contribution in [0, 0.1) is 11.8 Å². The van der Waals surface area contributed by atoms with Gasteiger partial charge in [0.05, 0.1) is 29.8 Å². The summed E-state index contributed by atoms with van der Waals surface area (Å²) in [6.45, 7) is 5.01. The standard InChI is InChI=1S/C33H30F6N4O3/c1-3-18-16-43-9-7-19(18)12-26(43)27(23-6-8-40-25-5-4-22(46-2)14-24(23)25)42-29-28(30(44)31(29)45)41-15-17-10-20(32(34,35)36)13-21(11-17)33(37,38)39/h3-6,8,10-11,13-14,18-19,26-27,41-42H,1,7,9,12,15-16H2,2H3/t18-,19-,26+,27+/m0/s1. The number of hydrogen-bond acceptors (Lipinski definition) is 7. The Morgan fingerprint density at radius 1 is 1.02 bits per heavy atom. The molecule has 7 rings (SSSR count). The van der Waals surface area contributed by atoms with Gasteiger partial charge in [0.1, 0.15) is 17.1 Å². The van der Waals surface area contributed by atoms with Gasteiger partial charge in [-0.05, 0) is 84.8 Å².